The van der Waals surface area contributed by atoms with Crippen LogP contribution in [0.3, 0.4) is 0 Å². The minimum absolute atomic E-state index is 0.137. The maximum atomic E-state index is 12.7. The van der Waals surface area contributed by atoms with Crippen LogP contribution in [0.4, 0.5) is 0 Å². The number of carbonyl (C=O) groups excluding carboxylic acids is 1. The Bertz CT molecular complexity index is 1070. The van der Waals surface area contributed by atoms with E-state index in [9.17, 15) is 4.79 Å². The van der Waals surface area contributed by atoms with Crippen molar-refractivity contribution in [1.29, 1.82) is 0 Å². The molecule has 27 heavy (non-hydrogen) atoms. The van der Waals surface area contributed by atoms with Crippen molar-refractivity contribution in [3.63, 3.8) is 0 Å². The number of aromatic nitrogens is 3. The van der Waals surface area contributed by atoms with Gasteiger partial charge >= 0.3 is 0 Å². The molecule has 0 atom stereocenters. The maximum absolute atomic E-state index is 12.7. The highest BCUT2D eigenvalue weighted by atomic mass is 16.1. The number of amides is 1. The van der Waals surface area contributed by atoms with Crippen LogP contribution in [0.2, 0.25) is 0 Å². The van der Waals surface area contributed by atoms with Gasteiger partial charge in [-0.2, -0.15) is 5.10 Å². The van der Waals surface area contributed by atoms with Gasteiger partial charge in [-0.3, -0.25) is 4.79 Å². The van der Waals surface area contributed by atoms with Crippen LogP contribution in [0.5, 0.6) is 0 Å². The average molecular weight is 356 g/mol. The molecule has 0 unspecified atom stereocenters. The van der Waals surface area contributed by atoms with E-state index in [4.69, 9.17) is 0 Å². The Balaban J connectivity index is 1.66. The minimum atomic E-state index is -0.137. The molecule has 5 nitrogen and oxygen atoms in total. The molecule has 0 saturated carbocycles. The number of hydrogen-bond acceptors (Lipinski definition) is 3. The molecule has 0 aliphatic rings. The molecule has 4 rings (SSSR count). The van der Waals surface area contributed by atoms with E-state index in [2.05, 4.69) is 15.4 Å². The van der Waals surface area contributed by atoms with Gasteiger partial charge in [0.05, 0.1) is 17.0 Å². The van der Waals surface area contributed by atoms with E-state index in [0.717, 1.165) is 28.2 Å². The van der Waals surface area contributed by atoms with Gasteiger partial charge in [0.25, 0.3) is 5.91 Å². The van der Waals surface area contributed by atoms with Gasteiger partial charge in [-0.15, -0.1) is 0 Å². The van der Waals surface area contributed by atoms with Crippen LogP contribution in [0.15, 0.2) is 72.9 Å². The number of nitrogens with one attached hydrogen (secondary N) is 1. The average Bonchev–Trinajstić information content (AvgIpc) is 3.17. The molecule has 2 aromatic heterocycles. The fraction of sp³-hybridized carbons (Fsp3) is 0.136. The molecule has 0 spiro atoms. The van der Waals surface area contributed by atoms with Crippen molar-refractivity contribution in [2.24, 2.45) is 0 Å². The van der Waals surface area contributed by atoms with E-state index in [1.54, 1.807) is 10.7 Å². The summed E-state index contributed by atoms with van der Waals surface area (Å²) in [6.45, 7) is 2.50. The van der Waals surface area contributed by atoms with Crippen LogP contribution < -0.4 is 5.32 Å². The molecule has 2 aromatic carbocycles. The number of benzene rings is 2. The highest BCUT2D eigenvalue weighted by Crippen LogP contribution is 2.21. The van der Waals surface area contributed by atoms with Crippen LogP contribution in [-0.2, 0) is 13.0 Å². The summed E-state index contributed by atoms with van der Waals surface area (Å²) in [5, 5.41) is 7.66. The Morgan fingerprint density at radius 3 is 2.44 bits per heavy atom. The third kappa shape index (κ3) is 3.44. The molecule has 0 radical (unpaired) electrons. The molecular weight excluding hydrogens is 336 g/mol. The Labute approximate surface area is 157 Å². The first kappa shape index (κ1) is 17.0. The molecule has 2 heterocycles. The second-order valence-corrected chi connectivity index (χ2v) is 6.31. The monoisotopic (exact) mass is 356 g/mol. The van der Waals surface area contributed by atoms with Gasteiger partial charge in [0, 0.05) is 24.4 Å². The van der Waals surface area contributed by atoms with Crippen molar-refractivity contribution in [2.75, 3.05) is 0 Å². The number of hydrogen-bond donors (Lipinski definition) is 1. The van der Waals surface area contributed by atoms with E-state index in [0.29, 0.717) is 18.5 Å². The lowest BCUT2D eigenvalue weighted by Gasteiger charge is -2.10. The van der Waals surface area contributed by atoms with Crippen molar-refractivity contribution < 1.29 is 4.79 Å². The summed E-state index contributed by atoms with van der Waals surface area (Å²) in [7, 11) is 0. The third-order valence-corrected chi connectivity index (χ3v) is 4.53. The largest absolute Gasteiger partial charge is 0.348 e. The van der Waals surface area contributed by atoms with Crippen LogP contribution in [0.1, 0.15) is 28.5 Å². The highest BCUT2D eigenvalue weighted by Gasteiger charge is 2.16. The number of nitrogens with zero attached hydrogens (tertiary/aromatic N) is 3. The Morgan fingerprint density at radius 2 is 1.74 bits per heavy atom. The van der Waals surface area contributed by atoms with E-state index in [1.165, 1.54) is 0 Å². The molecule has 0 fully saturated rings. The lowest BCUT2D eigenvalue weighted by molar-refractivity contribution is 0.0949. The predicted octanol–water partition coefficient (Wildman–Crippen LogP) is 3.89. The summed E-state index contributed by atoms with van der Waals surface area (Å²) in [5.41, 5.74) is 5.09. The van der Waals surface area contributed by atoms with Crippen LogP contribution in [-0.4, -0.2) is 20.5 Å². The second-order valence-electron chi connectivity index (χ2n) is 6.31. The second kappa shape index (κ2) is 7.41. The molecule has 1 N–H and O–H groups in total. The molecule has 0 bridgehead atoms. The van der Waals surface area contributed by atoms with Gasteiger partial charge in [0.2, 0.25) is 0 Å². The summed E-state index contributed by atoms with van der Waals surface area (Å²) in [6, 6.07) is 21.8. The molecule has 5 heteroatoms. The first-order valence-corrected chi connectivity index (χ1v) is 9.01. The summed E-state index contributed by atoms with van der Waals surface area (Å²) in [4.78, 5) is 17.2. The van der Waals surface area contributed by atoms with Crippen molar-refractivity contribution >= 4 is 11.6 Å². The zero-order valence-corrected chi connectivity index (χ0v) is 15.1. The molecular formula is C22H20N4O. The van der Waals surface area contributed by atoms with Crippen molar-refractivity contribution in [3.05, 3.63) is 89.7 Å². The van der Waals surface area contributed by atoms with Gasteiger partial charge in [0.15, 0.2) is 5.65 Å². The van der Waals surface area contributed by atoms with Gasteiger partial charge in [-0.25, -0.2) is 9.50 Å². The fourth-order valence-electron chi connectivity index (χ4n) is 3.13. The topological polar surface area (TPSA) is 59.3 Å². The van der Waals surface area contributed by atoms with Crippen molar-refractivity contribution in [1.82, 2.24) is 19.9 Å². The summed E-state index contributed by atoms with van der Waals surface area (Å²) >= 11 is 0. The Kier molecular flexibility index (Phi) is 4.66. The number of carbonyl (C=O) groups is 1. The maximum Gasteiger partial charge on any atom is 0.254 e. The van der Waals surface area contributed by atoms with Crippen molar-refractivity contribution in [2.45, 2.75) is 19.9 Å². The molecule has 4 aromatic rings. The third-order valence-electron chi connectivity index (χ3n) is 4.53. The van der Waals surface area contributed by atoms with Crippen LogP contribution in [0.25, 0.3) is 16.9 Å². The van der Waals surface area contributed by atoms with Gasteiger partial charge in [-0.05, 0) is 12.0 Å². The summed E-state index contributed by atoms with van der Waals surface area (Å²) in [6.07, 6.45) is 2.33. The highest BCUT2D eigenvalue weighted by molar-refractivity contribution is 5.95. The number of rotatable bonds is 5. The van der Waals surface area contributed by atoms with E-state index in [-0.39, 0.29) is 5.91 Å². The first-order chi connectivity index (χ1) is 13.3. The van der Waals surface area contributed by atoms with Crippen LogP contribution in [0, 0.1) is 0 Å². The summed E-state index contributed by atoms with van der Waals surface area (Å²) in [5.74, 6) is -0.137. The van der Waals surface area contributed by atoms with Crippen LogP contribution >= 0.6 is 0 Å². The minimum Gasteiger partial charge on any atom is -0.348 e. The molecule has 1 amide bonds. The Hall–Kier alpha value is -3.47. The zero-order valence-electron chi connectivity index (χ0n) is 15.1. The molecule has 0 aliphatic carbocycles. The lowest BCUT2D eigenvalue weighted by atomic mass is 10.1. The van der Waals surface area contributed by atoms with E-state index < -0.39 is 0 Å². The summed E-state index contributed by atoms with van der Waals surface area (Å²) < 4.78 is 1.78. The number of fused-ring (bicyclic) bond motifs is 1. The Morgan fingerprint density at radius 1 is 1.04 bits per heavy atom. The molecule has 0 saturated heterocycles. The quantitative estimate of drug-likeness (QED) is 0.590. The van der Waals surface area contributed by atoms with Gasteiger partial charge < -0.3 is 5.32 Å². The predicted molar refractivity (Wildman–Crippen MR) is 105 cm³/mol. The smallest absolute Gasteiger partial charge is 0.254 e. The van der Waals surface area contributed by atoms with E-state index >= 15 is 0 Å². The number of aryl methyl sites for hydroxylation is 1. The van der Waals surface area contributed by atoms with Gasteiger partial charge in [-0.1, -0.05) is 67.6 Å². The van der Waals surface area contributed by atoms with E-state index in [1.807, 2.05) is 73.7 Å². The molecule has 134 valence electrons. The normalized spacial score (nSPS) is 10.9. The standard InChI is InChI=1S/C22H20N4O/c1-2-20-18(22(27)24-14-16-9-5-3-6-10-16)15-23-21-13-19(25-26(20)21)17-11-7-4-8-12-17/h3-13,15H,2,14H2,1H3,(H,24,27). The first-order valence-electron chi connectivity index (χ1n) is 9.01. The van der Waals surface area contributed by atoms with Crippen molar-refractivity contribution in [3.8, 4) is 11.3 Å². The molecule has 0 aliphatic heterocycles. The van der Waals surface area contributed by atoms with Gasteiger partial charge in [0.1, 0.15) is 0 Å². The fourth-order valence-corrected chi connectivity index (χ4v) is 3.13. The zero-order chi connectivity index (χ0) is 18.6. The SMILES string of the molecule is CCc1c(C(=O)NCc2ccccc2)cnc2cc(-c3ccccc3)nn12. The lowest BCUT2D eigenvalue weighted by Crippen LogP contribution is -2.25.